The highest BCUT2D eigenvalue weighted by Crippen LogP contribution is 2.33. The lowest BCUT2D eigenvalue weighted by Crippen LogP contribution is -2.05. The van der Waals surface area contributed by atoms with E-state index in [0.29, 0.717) is 0 Å². The first kappa shape index (κ1) is 16.1. The molecule has 2 aromatic rings. The summed E-state index contributed by atoms with van der Waals surface area (Å²) in [4.78, 5) is 0. The minimum atomic E-state index is 1.16. The molecular weight excluding hydrogens is 252 g/mol. The van der Waals surface area contributed by atoms with Crippen molar-refractivity contribution in [2.24, 2.45) is 0 Å². The summed E-state index contributed by atoms with van der Waals surface area (Å²) in [6, 6.07) is 9.03. The molecular formula is C21H30. The van der Waals surface area contributed by atoms with Crippen LogP contribution < -0.4 is 0 Å². The molecule has 0 bridgehead atoms. The zero-order valence-electron chi connectivity index (χ0n) is 14.3. The molecule has 0 heterocycles. The summed E-state index contributed by atoms with van der Waals surface area (Å²) in [5.74, 6) is 0. The highest BCUT2D eigenvalue weighted by molar-refractivity contribution is 5.91. The molecule has 114 valence electrons. The van der Waals surface area contributed by atoms with Gasteiger partial charge in [-0.1, -0.05) is 57.9 Å². The number of fused-ring (bicyclic) bond motifs is 1. The van der Waals surface area contributed by atoms with Crippen LogP contribution in [0, 0.1) is 6.92 Å². The molecule has 2 aromatic carbocycles. The van der Waals surface area contributed by atoms with E-state index in [1.54, 1.807) is 16.7 Å². The van der Waals surface area contributed by atoms with E-state index in [0.717, 1.165) is 6.42 Å². The fourth-order valence-corrected chi connectivity index (χ4v) is 3.58. The van der Waals surface area contributed by atoms with Crippen molar-refractivity contribution in [3.63, 3.8) is 0 Å². The van der Waals surface area contributed by atoms with Crippen LogP contribution in [0.3, 0.4) is 0 Å². The van der Waals surface area contributed by atoms with Crippen LogP contribution in [-0.4, -0.2) is 0 Å². The highest BCUT2D eigenvalue weighted by Gasteiger charge is 2.15. The van der Waals surface area contributed by atoms with Gasteiger partial charge in [0, 0.05) is 0 Å². The standard InChI is InChI=1S/C21H30/c1-5-8-12-19-17(7-3)16(4)18-14-10-11-15-20(18)21(19)13-9-6-2/h10-11,14-15H,5-9,12-13H2,1-4H3. The lowest BCUT2D eigenvalue weighted by molar-refractivity contribution is 0.754. The Bertz CT molecular complexity index is 593. The highest BCUT2D eigenvalue weighted by atomic mass is 14.2. The second kappa shape index (κ2) is 7.64. The third-order valence-electron chi connectivity index (χ3n) is 4.75. The van der Waals surface area contributed by atoms with Crippen LogP contribution in [0.2, 0.25) is 0 Å². The predicted octanol–water partition coefficient (Wildman–Crippen LogP) is 6.40. The van der Waals surface area contributed by atoms with Gasteiger partial charge in [0.05, 0.1) is 0 Å². The van der Waals surface area contributed by atoms with Crippen molar-refractivity contribution in [2.45, 2.75) is 72.6 Å². The van der Waals surface area contributed by atoms with Gasteiger partial charge in [-0.25, -0.2) is 0 Å². The summed E-state index contributed by atoms with van der Waals surface area (Å²) in [6.45, 7) is 9.23. The summed E-state index contributed by atoms with van der Waals surface area (Å²) < 4.78 is 0. The lowest BCUT2D eigenvalue weighted by Gasteiger charge is -2.20. The topological polar surface area (TPSA) is 0 Å². The maximum Gasteiger partial charge on any atom is -0.0146 e. The summed E-state index contributed by atoms with van der Waals surface area (Å²) in [6.07, 6.45) is 8.82. The third-order valence-corrected chi connectivity index (χ3v) is 4.75. The van der Waals surface area contributed by atoms with Crippen LogP contribution in [0.25, 0.3) is 10.8 Å². The Morgan fingerprint density at radius 1 is 0.714 bits per heavy atom. The van der Waals surface area contributed by atoms with E-state index in [1.807, 2.05) is 0 Å². The van der Waals surface area contributed by atoms with E-state index in [1.165, 1.54) is 54.9 Å². The SMILES string of the molecule is CCCCc1c(CC)c(C)c2ccccc2c1CCCC. The molecule has 2 rings (SSSR count). The van der Waals surface area contributed by atoms with Gasteiger partial charge in [0.15, 0.2) is 0 Å². The molecule has 21 heavy (non-hydrogen) atoms. The van der Waals surface area contributed by atoms with Crippen molar-refractivity contribution >= 4 is 10.8 Å². The number of hydrogen-bond donors (Lipinski definition) is 0. The van der Waals surface area contributed by atoms with E-state index in [4.69, 9.17) is 0 Å². The number of benzene rings is 2. The van der Waals surface area contributed by atoms with Crippen molar-refractivity contribution in [2.75, 3.05) is 0 Å². The smallest absolute Gasteiger partial charge is 0.0146 e. The van der Waals surface area contributed by atoms with Crippen LogP contribution >= 0.6 is 0 Å². The van der Waals surface area contributed by atoms with Gasteiger partial charge in [-0.3, -0.25) is 0 Å². The number of aryl methyl sites for hydroxylation is 2. The molecule has 0 fully saturated rings. The van der Waals surface area contributed by atoms with Crippen LogP contribution in [-0.2, 0) is 19.3 Å². The monoisotopic (exact) mass is 282 g/mol. The Morgan fingerprint density at radius 2 is 1.29 bits per heavy atom. The Kier molecular flexibility index (Phi) is 5.85. The van der Waals surface area contributed by atoms with Crippen molar-refractivity contribution in [1.82, 2.24) is 0 Å². The second-order valence-electron chi connectivity index (χ2n) is 6.17. The summed E-state index contributed by atoms with van der Waals surface area (Å²) in [5.41, 5.74) is 6.44. The molecule has 0 radical (unpaired) electrons. The lowest BCUT2D eigenvalue weighted by atomic mass is 9.84. The normalized spacial score (nSPS) is 11.2. The molecule has 0 unspecified atom stereocenters. The zero-order valence-corrected chi connectivity index (χ0v) is 14.3. The van der Waals surface area contributed by atoms with Crippen LogP contribution in [0.4, 0.5) is 0 Å². The first-order chi connectivity index (χ1) is 10.2. The molecule has 0 atom stereocenters. The molecule has 0 amide bonds. The summed E-state index contributed by atoms with van der Waals surface area (Å²) in [5, 5.41) is 2.98. The maximum atomic E-state index is 2.34. The maximum absolute atomic E-state index is 2.34. The fraction of sp³-hybridized carbons (Fsp3) is 0.524. The molecule has 0 aliphatic heterocycles. The van der Waals surface area contributed by atoms with E-state index in [9.17, 15) is 0 Å². The summed E-state index contributed by atoms with van der Waals surface area (Å²) in [7, 11) is 0. The van der Waals surface area contributed by atoms with Gasteiger partial charge in [-0.2, -0.15) is 0 Å². The van der Waals surface area contributed by atoms with Crippen LogP contribution in [0.1, 0.15) is 68.7 Å². The average Bonchev–Trinajstić information content (AvgIpc) is 2.52. The molecule has 0 saturated carbocycles. The van der Waals surface area contributed by atoms with E-state index in [-0.39, 0.29) is 0 Å². The van der Waals surface area contributed by atoms with Crippen molar-refractivity contribution in [3.8, 4) is 0 Å². The molecule has 0 aliphatic carbocycles. The average molecular weight is 282 g/mol. The first-order valence-electron chi connectivity index (χ1n) is 8.76. The third kappa shape index (κ3) is 3.31. The number of unbranched alkanes of at least 4 members (excludes halogenated alkanes) is 2. The summed E-state index contributed by atoms with van der Waals surface area (Å²) >= 11 is 0. The second-order valence-corrected chi connectivity index (χ2v) is 6.17. The van der Waals surface area contributed by atoms with Gasteiger partial charge in [0.25, 0.3) is 0 Å². The Morgan fingerprint density at radius 3 is 1.86 bits per heavy atom. The molecule has 0 spiro atoms. The van der Waals surface area contributed by atoms with Gasteiger partial charge < -0.3 is 0 Å². The van der Waals surface area contributed by atoms with Crippen molar-refractivity contribution in [1.29, 1.82) is 0 Å². The van der Waals surface area contributed by atoms with Crippen molar-refractivity contribution in [3.05, 3.63) is 46.5 Å². The van der Waals surface area contributed by atoms with Crippen LogP contribution in [0.5, 0.6) is 0 Å². The fourth-order valence-electron chi connectivity index (χ4n) is 3.58. The largest absolute Gasteiger partial charge is 0.0654 e. The van der Waals surface area contributed by atoms with Crippen LogP contribution in [0.15, 0.2) is 24.3 Å². The molecule has 0 heteroatoms. The molecule has 0 N–H and O–H groups in total. The van der Waals surface area contributed by atoms with E-state index >= 15 is 0 Å². The van der Waals surface area contributed by atoms with Gasteiger partial charge in [0.2, 0.25) is 0 Å². The minimum absolute atomic E-state index is 1.16. The Labute approximate surface area is 130 Å². The first-order valence-corrected chi connectivity index (χ1v) is 8.76. The number of hydrogen-bond acceptors (Lipinski definition) is 0. The predicted molar refractivity (Wildman–Crippen MR) is 95.3 cm³/mol. The Balaban J connectivity index is 2.67. The molecule has 0 aromatic heterocycles. The minimum Gasteiger partial charge on any atom is -0.0654 e. The number of rotatable bonds is 7. The van der Waals surface area contributed by atoms with Crippen molar-refractivity contribution < 1.29 is 0 Å². The zero-order chi connectivity index (χ0) is 15.2. The van der Waals surface area contributed by atoms with Gasteiger partial charge in [-0.05, 0) is 72.1 Å². The van der Waals surface area contributed by atoms with Gasteiger partial charge in [-0.15, -0.1) is 0 Å². The Hall–Kier alpha value is -1.30. The molecule has 0 nitrogen and oxygen atoms in total. The van der Waals surface area contributed by atoms with Gasteiger partial charge >= 0.3 is 0 Å². The van der Waals surface area contributed by atoms with Gasteiger partial charge in [0.1, 0.15) is 0 Å². The van der Waals surface area contributed by atoms with E-state index < -0.39 is 0 Å². The van der Waals surface area contributed by atoms with E-state index in [2.05, 4.69) is 52.0 Å². The molecule has 0 saturated heterocycles. The quantitative estimate of drug-likeness (QED) is 0.551. The molecule has 0 aliphatic rings.